The quantitative estimate of drug-likeness (QED) is 0.772. The molecule has 0 spiro atoms. The SMILES string of the molecule is Cc1cccnc1N1CCOCC1CO. The molecule has 2 rings (SSSR count). The Labute approximate surface area is 89.5 Å². The van der Waals surface area contributed by atoms with Crippen molar-refractivity contribution in [3.8, 4) is 0 Å². The van der Waals surface area contributed by atoms with Crippen LogP contribution in [-0.2, 0) is 4.74 Å². The van der Waals surface area contributed by atoms with E-state index >= 15 is 0 Å². The van der Waals surface area contributed by atoms with Gasteiger partial charge >= 0.3 is 0 Å². The summed E-state index contributed by atoms with van der Waals surface area (Å²) in [5.74, 6) is 0.958. The second-order valence-electron chi connectivity index (χ2n) is 3.75. The highest BCUT2D eigenvalue weighted by atomic mass is 16.5. The molecule has 0 bridgehead atoms. The highest BCUT2D eigenvalue weighted by molar-refractivity contribution is 5.47. The maximum atomic E-state index is 9.26. The van der Waals surface area contributed by atoms with Crippen LogP contribution in [0.2, 0.25) is 0 Å². The van der Waals surface area contributed by atoms with Gasteiger partial charge in [-0.3, -0.25) is 0 Å². The van der Waals surface area contributed by atoms with Gasteiger partial charge in [-0.1, -0.05) is 6.07 Å². The van der Waals surface area contributed by atoms with Crippen molar-refractivity contribution in [2.24, 2.45) is 0 Å². The number of aryl methyl sites for hydroxylation is 1. The molecule has 0 aliphatic carbocycles. The van der Waals surface area contributed by atoms with Gasteiger partial charge in [0.05, 0.1) is 25.9 Å². The number of hydrogen-bond donors (Lipinski definition) is 1. The Morgan fingerprint density at radius 2 is 2.53 bits per heavy atom. The van der Waals surface area contributed by atoms with Gasteiger partial charge in [0.1, 0.15) is 5.82 Å². The van der Waals surface area contributed by atoms with Crippen LogP contribution in [0.1, 0.15) is 5.56 Å². The minimum Gasteiger partial charge on any atom is -0.394 e. The summed E-state index contributed by atoms with van der Waals surface area (Å²) in [6.07, 6.45) is 1.78. The average molecular weight is 208 g/mol. The summed E-state index contributed by atoms with van der Waals surface area (Å²) in [6.45, 7) is 4.21. The standard InChI is InChI=1S/C11H16N2O2/c1-9-3-2-4-12-11(9)13-5-6-15-8-10(13)7-14/h2-4,10,14H,5-8H2,1H3. The Morgan fingerprint density at radius 3 is 3.27 bits per heavy atom. The number of pyridine rings is 1. The Morgan fingerprint density at radius 1 is 1.67 bits per heavy atom. The van der Waals surface area contributed by atoms with Gasteiger partial charge in [-0.25, -0.2) is 4.98 Å². The summed E-state index contributed by atoms with van der Waals surface area (Å²) in [5, 5.41) is 9.26. The molecule has 4 heteroatoms. The fraction of sp³-hybridized carbons (Fsp3) is 0.545. The van der Waals surface area contributed by atoms with E-state index in [1.54, 1.807) is 6.20 Å². The van der Waals surface area contributed by atoms with Crippen LogP contribution in [0.25, 0.3) is 0 Å². The first-order valence-electron chi connectivity index (χ1n) is 5.20. The third kappa shape index (κ3) is 2.11. The lowest BCUT2D eigenvalue weighted by molar-refractivity contribution is 0.0722. The molecule has 0 radical (unpaired) electrons. The monoisotopic (exact) mass is 208 g/mol. The Balaban J connectivity index is 2.24. The Bertz CT molecular complexity index is 330. The number of hydrogen-bond acceptors (Lipinski definition) is 4. The third-order valence-electron chi connectivity index (χ3n) is 2.69. The maximum absolute atomic E-state index is 9.26. The first kappa shape index (κ1) is 10.4. The molecule has 1 aliphatic heterocycles. The molecule has 1 atom stereocenters. The molecule has 1 unspecified atom stereocenters. The van der Waals surface area contributed by atoms with Crippen LogP contribution < -0.4 is 4.90 Å². The van der Waals surface area contributed by atoms with Crippen molar-refractivity contribution >= 4 is 5.82 Å². The number of ether oxygens (including phenoxy) is 1. The van der Waals surface area contributed by atoms with Crippen LogP contribution in [0.3, 0.4) is 0 Å². The molecule has 1 aromatic heterocycles. The van der Waals surface area contributed by atoms with Crippen molar-refractivity contribution in [1.82, 2.24) is 4.98 Å². The van der Waals surface area contributed by atoms with Gasteiger partial charge in [0.15, 0.2) is 0 Å². The van der Waals surface area contributed by atoms with E-state index in [-0.39, 0.29) is 12.6 Å². The molecule has 0 amide bonds. The van der Waals surface area contributed by atoms with Gasteiger partial charge < -0.3 is 14.7 Å². The lowest BCUT2D eigenvalue weighted by Gasteiger charge is -2.36. The topological polar surface area (TPSA) is 45.6 Å². The van der Waals surface area contributed by atoms with E-state index in [9.17, 15) is 5.11 Å². The molecule has 4 nitrogen and oxygen atoms in total. The summed E-state index contributed by atoms with van der Waals surface area (Å²) >= 11 is 0. The van der Waals surface area contributed by atoms with Crippen molar-refractivity contribution < 1.29 is 9.84 Å². The molecular weight excluding hydrogens is 192 g/mol. The number of anilines is 1. The molecule has 1 aromatic rings. The van der Waals surface area contributed by atoms with E-state index in [4.69, 9.17) is 4.74 Å². The van der Waals surface area contributed by atoms with Crippen LogP contribution in [0.4, 0.5) is 5.82 Å². The average Bonchev–Trinajstić information content (AvgIpc) is 2.30. The van der Waals surface area contributed by atoms with E-state index in [1.807, 2.05) is 19.1 Å². The lowest BCUT2D eigenvalue weighted by Crippen LogP contribution is -2.48. The number of aliphatic hydroxyl groups excluding tert-OH is 1. The van der Waals surface area contributed by atoms with Crippen LogP contribution in [0.15, 0.2) is 18.3 Å². The number of morpholine rings is 1. The van der Waals surface area contributed by atoms with Gasteiger partial charge in [0.2, 0.25) is 0 Å². The van der Waals surface area contributed by atoms with Crippen molar-refractivity contribution in [2.75, 3.05) is 31.3 Å². The van der Waals surface area contributed by atoms with Crippen molar-refractivity contribution in [1.29, 1.82) is 0 Å². The molecule has 0 aromatic carbocycles. The fourth-order valence-corrected chi connectivity index (χ4v) is 1.86. The molecule has 1 aliphatic rings. The lowest BCUT2D eigenvalue weighted by atomic mass is 10.2. The summed E-state index contributed by atoms with van der Waals surface area (Å²) in [4.78, 5) is 6.48. The van der Waals surface area contributed by atoms with Crippen molar-refractivity contribution in [3.63, 3.8) is 0 Å². The van der Waals surface area contributed by atoms with E-state index in [2.05, 4.69) is 9.88 Å². The molecule has 0 saturated carbocycles. The van der Waals surface area contributed by atoms with Gasteiger partial charge in [-0.2, -0.15) is 0 Å². The number of rotatable bonds is 2. The summed E-state index contributed by atoms with van der Waals surface area (Å²) in [6, 6.07) is 3.99. The van der Waals surface area contributed by atoms with Crippen LogP contribution in [-0.4, -0.2) is 42.5 Å². The highest BCUT2D eigenvalue weighted by Crippen LogP contribution is 2.20. The smallest absolute Gasteiger partial charge is 0.131 e. The van der Waals surface area contributed by atoms with Crippen LogP contribution in [0.5, 0.6) is 0 Å². The second kappa shape index (κ2) is 4.59. The Hall–Kier alpha value is -1.13. The molecule has 1 N–H and O–H groups in total. The highest BCUT2D eigenvalue weighted by Gasteiger charge is 2.24. The molecule has 15 heavy (non-hydrogen) atoms. The zero-order chi connectivity index (χ0) is 10.7. The van der Waals surface area contributed by atoms with Crippen LogP contribution in [0, 0.1) is 6.92 Å². The van der Waals surface area contributed by atoms with Crippen molar-refractivity contribution in [2.45, 2.75) is 13.0 Å². The van der Waals surface area contributed by atoms with E-state index in [0.29, 0.717) is 13.2 Å². The number of nitrogens with zero attached hydrogens (tertiary/aromatic N) is 2. The first-order valence-corrected chi connectivity index (χ1v) is 5.20. The maximum Gasteiger partial charge on any atom is 0.131 e. The van der Waals surface area contributed by atoms with Gasteiger partial charge in [-0.05, 0) is 18.6 Å². The second-order valence-corrected chi connectivity index (χ2v) is 3.75. The van der Waals surface area contributed by atoms with Crippen molar-refractivity contribution in [3.05, 3.63) is 23.9 Å². The minimum atomic E-state index is 0.0346. The molecule has 2 heterocycles. The van der Waals surface area contributed by atoms with Gasteiger partial charge in [0, 0.05) is 12.7 Å². The fourth-order valence-electron chi connectivity index (χ4n) is 1.86. The van der Waals surface area contributed by atoms with E-state index < -0.39 is 0 Å². The number of aromatic nitrogens is 1. The molecule has 1 saturated heterocycles. The molecule has 1 fully saturated rings. The summed E-state index contributed by atoms with van der Waals surface area (Å²) in [7, 11) is 0. The Kier molecular flexibility index (Phi) is 3.18. The first-order chi connectivity index (χ1) is 7.33. The summed E-state index contributed by atoms with van der Waals surface area (Å²) < 4.78 is 5.34. The zero-order valence-corrected chi connectivity index (χ0v) is 8.89. The molecular formula is C11H16N2O2. The largest absolute Gasteiger partial charge is 0.394 e. The minimum absolute atomic E-state index is 0.0346. The van der Waals surface area contributed by atoms with Crippen LogP contribution >= 0.6 is 0 Å². The predicted molar refractivity (Wildman–Crippen MR) is 58.0 cm³/mol. The van der Waals surface area contributed by atoms with Gasteiger partial charge in [0.25, 0.3) is 0 Å². The number of aliphatic hydroxyl groups is 1. The predicted octanol–water partition coefficient (Wildman–Crippen LogP) is 0.588. The van der Waals surface area contributed by atoms with E-state index in [1.165, 1.54) is 0 Å². The normalized spacial score (nSPS) is 21.7. The molecule has 82 valence electrons. The third-order valence-corrected chi connectivity index (χ3v) is 2.69. The van der Waals surface area contributed by atoms with Gasteiger partial charge in [-0.15, -0.1) is 0 Å². The summed E-state index contributed by atoms with van der Waals surface area (Å²) in [5.41, 5.74) is 1.14. The van der Waals surface area contributed by atoms with E-state index in [0.717, 1.165) is 17.9 Å². The zero-order valence-electron chi connectivity index (χ0n) is 8.89.